The Bertz CT molecular complexity index is 659. The van der Waals surface area contributed by atoms with Crippen molar-refractivity contribution < 1.29 is 18.2 Å². The number of hydrogen-bond donors (Lipinski definition) is 1. The van der Waals surface area contributed by atoms with E-state index in [4.69, 9.17) is 51.6 Å². The zero-order valence-electron chi connectivity index (χ0n) is 19.8. The third kappa shape index (κ3) is 10.0. The van der Waals surface area contributed by atoms with Crippen LogP contribution in [0.2, 0.25) is 0 Å². The van der Waals surface area contributed by atoms with Gasteiger partial charge in [0.1, 0.15) is 0 Å². The molecule has 1 N–H and O–H groups in total. The van der Waals surface area contributed by atoms with Gasteiger partial charge in [0.15, 0.2) is 0 Å². The molecule has 0 radical (unpaired) electrons. The van der Waals surface area contributed by atoms with Crippen molar-refractivity contribution in [3.05, 3.63) is 44.8 Å². The molecule has 4 rings (SSSR count). The fourth-order valence-corrected chi connectivity index (χ4v) is 5.97. The van der Waals surface area contributed by atoms with Crippen LogP contribution in [-0.2, 0) is 26.2 Å². The summed E-state index contributed by atoms with van der Waals surface area (Å²) in [6, 6.07) is 5.70. The van der Waals surface area contributed by atoms with E-state index in [-0.39, 0.29) is 19.7 Å². The Morgan fingerprint density at radius 2 is 1.26 bits per heavy atom. The number of aliphatic hydroxyl groups is 1. The van der Waals surface area contributed by atoms with Crippen molar-refractivity contribution in [3.8, 4) is 0 Å². The van der Waals surface area contributed by atoms with Crippen molar-refractivity contribution in [3.63, 3.8) is 0 Å². The average Bonchev–Trinajstić information content (AvgIpc) is 2.86. The van der Waals surface area contributed by atoms with Gasteiger partial charge in [-0.25, -0.2) is 0 Å². The SMILES string of the molecule is OCCCSc1cc2nc(c1)C[N-][C@@H]1CCCC[C@H]1[N-]CC[N-]C1CCCCC1[N-]C2.[Cl][Mn][Cl]. The average molecular weight is 570 g/mol. The summed E-state index contributed by atoms with van der Waals surface area (Å²) >= 11 is 1.80. The molecule has 6 nitrogen and oxygen atoms in total. The summed E-state index contributed by atoms with van der Waals surface area (Å²) in [5.74, 6) is 0.917. The quantitative estimate of drug-likeness (QED) is 0.239. The van der Waals surface area contributed by atoms with E-state index in [0.717, 1.165) is 62.3 Å². The number of hydrogen-bond acceptors (Lipinski definition) is 3. The molecule has 3 aliphatic rings. The van der Waals surface area contributed by atoms with Gasteiger partial charge >= 0.3 is 33.3 Å². The molecule has 34 heavy (non-hydrogen) atoms. The Hall–Kier alpha value is 0.399. The second-order valence-corrected chi connectivity index (χ2v) is 12.2. The summed E-state index contributed by atoms with van der Waals surface area (Å²) in [6.45, 7) is 3.22. The Morgan fingerprint density at radius 3 is 1.71 bits per heavy atom. The fourth-order valence-electron chi connectivity index (χ4n) is 5.02. The summed E-state index contributed by atoms with van der Waals surface area (Å²) in [5, 5.41) is 29.3. The van der Waals surface area contributed by atoms with Crippen molar-refractivity contribution in [1.29, 1.82) is 0 Å². The van der Waals surface area contributed by atoms with Gasteiger partial charge < -0.3 is 26.4 Å². The number of thioether (sulfide) groups is 1. The minimum atomic E-state index is 0.00694. The molecule has 1 aliphatic heterocycles. The van der Waals surface area contributed by atoms with Crippen LogP contribution in [0.1, 0.15) is 69.2 Å². The molecule has 2 fully saturated rings. The molecular weight excluding hydrogens is 532 g/mol. The second kappa shape index (κ2) is 17.0. The number of halogens is 2. The van der Waals surface area contributed by atoms with Gasteiger partial charge in [-0.1, -0.05) is 51.4 Å². The van der Waals surface area contributed by atoms with E-state index in [9.17, 15) is 0 Å². The van der Waals surface area contributed by atoms with E-state index in [1.165, 1.54) is 30.6 Å². The number of aliphatic hydroxyl groups excluding tert-OH is 1. The summed E-state index contributed by atoms with van der Waals surface area (Å²) in [7, 11) is 9.59. The van der Waals surface area contributed by atoms with Gasteiger partial charge in [-0.05, 0) is 18.6 Å². The number of rotatable bonds is 4. The van der Waals surface area contributed by atoms with Crippen LogP contribution >= 0.6 is 32.0 Å². The molecule has 2 aliphatic carbocycles. The number of aromatic nitrogens is 1. The van der Waals surface area contributed by atoms with Crippen molar-refractivity contribution in [1.82, 2.24) is 4.98 Å². The molecule has 4 atom stereocenters. The topological polar surface area (TPSA) is 89.5 Å². The first kappa shape index (κ1) is 29.0. The molecule has 195 valence electrons. The maximum absolute atomic E-state index is 9.14. The molecule has 1 aromatic rings. The van der Waals surface area contributed by atoms with Gasteiger partial charge in [0.05, 0.1) is 0 Å². The minimum absolute atomic E-state index is 0.00694. The summed E-state index contributed by atoms with van der Waals surface area (Å²) in [4.78, 5) is 6.16. The molecule has 2 heterocycles. The molecule has 0 saturated heterocycles. The van der Waals surface area contributed by atoms with Gasteiger partial charge in [0.25, 0.3) is 0 Å². The van der Waals surface area contributed by atoms with Crippen molar-refractivity contribution in [2.45, 2.75) is 99.9 Å². The van der Waals surface area contributed by atoms with E-state index >= 15 is 0 Å². The van der Waals surface area contributed by atoms with Crippen LogP contribution in [0.4, 0.5) is 0 Å². The normalized spacial score (nSPS) is 28.3. The van der Waals surface area contributed by atoms with Gasteiger partial charge in [-0.3, -0.25) is 4.98 Å². The zero-order chi connectivity index (χ0) is 24.0. The van der Waals surface area contributed by atoms with Crippen molar-refractivity contribution in [2.24, 2.45) is 0 Å². The van der Waals surface area contributed by atoms with Crippen LogP contribution < -0.4 is 0 Å². The molecule has 10 heteroatoms. The third-order valence-corrected chi connectivity index (χ3v) is 7.73. The van der Waals surface area contributed by atoms with Crippen LogP contribution in [0.25, 0.3) is 21.3 Å². The van der Waals surface area contributed by atoms with E-state index < -0.39 is 0 Å². The Balaban J connectivity index is 0.00000103. The van der Waals surface area contributed by atoms with Crippen LogP contribution in [0.15, 0.2) is 17.0 Å². The standard InChI is InChI=1S/C24H37N5OS.2ClH.Mn/c30-12-5-13-31-20-14-18-16-27-23-8-3-1-6-21(23)25-10-11-26-22-7-2-4-9-24(22)28-17-19(15-20)29-18;;;/h14-15,21-24,30H,1-13,16-17H2;2*1H;/q-4;;;+2/p-2/t21-,22?,23-,24?;;;/m1.../s1. The Labute approximate surface area is 224 Å². The monoisotopic (exact) mass is 568 g/mol. The third-order valence-electron chi connectivity index (χ3n) is 6.67. The summed E-state index contributed by atoms with van der Waals surface area (Å²) < 4.78 is 0. The van der Waals surface area contributed by atoms with E-state index in [0.29, 0.717) is 37.3 Å². The summed E-state index contributed by atoms with van der Waals surface area (Å²) in [5.41, 5.74) is 2.09. The maximum atomic E-state index is 9.14. The van der Waals surface area contributed by atoms with E-state index in [2.05, 4.69) is 12.1 Å². The number of nitrogens with zero attached hydrogens (tertiary/aromatic N) is 5. The molecule has 2 unspecified atom stereocenters. The molecule has 0 aromatic carbocycles. The predicted octanol–water partition coefficient (Wildman–Crippen LogP) is 7.06. The molecule has 2 bridgehead atoms. The first-order chi connectivity index (χ1) is 16.7. The predicted molar refractivity (Wildman–Crippen MR) is 141 cm³/mol. The van der Waals surface area contributed by atoms with Gasteiger partial charge in [0.2, 0.25) is 0 Å². The van der Waals surface area contributed by atoms with E-state index in [1.54, 1.807) is 11.8 Å². The van der Waals surface area contributed by atoms with Crippen LogP contribution in [0.3, 0.4) is 0 Å². The van der Waals surface area contributed by atoms with Crippen LogP contribution in [0.5, 0.6) is 0 Å². The van der Waals surface area contributed by atoms with Crippen molar-refractivity contribution in [2.75, 3.05) is 25.4 Å². The van der Waals surface area contributed by atoms with Gasteiger partial charge in [0, 0.05) is 28.6 Å². The summed E-state index contributed by atoms with van der Waals surface area (Å²) in [6.07, 6.45) is 10.4. The molecule has 0 spiro atoms. The van der Waals surface area contributed by atoms with Gasteiger partial charge in [-0.15, -0.1) is 24.9 Å². The second-order valence-electron chi connectivity index (χ2n) is 9.10. The van der Waals surface area contributed by atoms with Crippen LogP contribution in [-0.4, -0.2) is 59.7 Å². The number of pyridine rings is 1. The fraction of sp³-hybridized carbons (Fsp3) is 0.792. The molecule has 1 aromatic heterocycles. The Kier molecular flexibility index (Phi) is 14.5. The Morgan fingerprint density at radius 1 is 0.824 bits per heavy atom. The van der Waals surface area contributed by atoms with Crippen LogP contribution in [0, 0.1) is 0 Å². The first-order valence-corrected chi connectivity index (χ1v) is 16.7. The van der Waals surface area contributed by atoms with Crippen molar-refractivity contribution >= 4 is 32.0 Å². The molecular formula is C24H37Cl2MnN5OS-4. The number of fused-ring (bicyclic) bond motifs is 4. The first-order valence-electron chi connectivity index (χ1n) is 12.5. The van der Waals surface area contributed by atoms with Gasteiger partial charge in [-0.2, -0.15) is 37.3 Å². The zero-order valence-corrected chi connectivity index (χ0v) is 23.3. The molecule has 0 amide bonds. The van der Waals surface area contributed by atoms with E-state index in [1.807, 2.05) is 0 Å². The molecule has 2 saturated carbocycles.